The average molecular weight is 321 g/mol. The van der Waals surface area contributed by atoms with Crippen LogP contribution in [0.25, 0.3) is 16.7 Å². The molecule has 0 amide bonds. The molecule has 1 saturated heterocycles. The standard InChI is InChI=1S/C20H23N3O/c1-2-19(22-14-8-9-15-22)24-20-21-17-12-6-7-13-18(17)23(20)16-10-4-3-5-11-16/h3-7,10-13,19H,2,8-9,14-15H2,1H3. The van der Waals surface area contributed by atoms with E-state index in [1.807, 2.05) is 36.4 Å². The lowest BCUT2D eigenvalue weighted by Crippen LogP contribution is -2.37. The number of fused-ring (bicyclic) bond motifs is 1. The lowest BCUT2D eigenvalue weighted by atomic mass is 10.3. The summed E-state index contributed by atoms with van der Waals surface area (Å²) in [4.78, 5) is 7.19. The number of aromatic nitrogens is 2. The van der Waals surface area contributed by atoms with Gasteiger partial charge in [-0.15, -0.1) is 0 Å². The van der Waals surface area contributed by atoms with Gasteiger partial charge in [0.2, 0.25) is 0 Å². The predicted molar refractivity (Wildman–Crippen MR) is 96.6 cm³/mol. The summed E-state index contributed by atoms with van der Waals surface area (Å²) < 4.78 is 8.52. The molecule has 0 saturated carbocycles. The number of para-hydroxylation sites is 3. The summed E-state index contributed by atoms with van der Waals surface area (Å²) >= 11 is 0. The van der Waals surface area contributed by atoms with Gasteiger partial charge in [-0.05, 0) is 43.5 Å². The van der Waals surface area contributed by atoms with Crippen LogP contribution >= 0.6 is 0 Å². The molecular formula is C20H23N3O. The highest BCUT2D eigenvalue weighted by atomic mass is 16.5. The first kappa shape index (κ1) is 15.2. The lowest BCUT2D eigenvalue weighted by Gasteiger charge is -2.26. The smallest absolute Gasteiger partial charge is 0.303 e. The van der Waals surface area contributed by atoms with E-state index in [1.165, 1.54) is 12.8 Å². The summed E-state index contributed by atoms with van der Waals surface area (Å²) in [5, 5.41) is 0. The molecule has 1 aliphatic rings. The fraction of sp³-hybridized carbons (Fsp3) is 0.350. The minimum absolute atomic E-state index is 0.0896. The van der Waals surface area contributed by atoms with Gasteiger partial charge < -0.3 is 4.74 Å². The molecule has 0 radical (unpaired) electrons. The number of benzene rings is 2. The van der Waals surface area contributed by atoms with Crippen LogP contribution in [0.15, 0.2) is 54.6 Å². The zero-order valence-corrected chi connectivity index (χ0v) is 14.1. The van der Waals surface area contributed by atoms with E-state index in [0.717, 1.165) is 36.2 Å². The number of hydrogen-bond acceptors (Lipinski definition) is 3. The van der Waals surface area contributed by atoms with Crippen molar-refractivity contribution in [1.82, 2.24) is 14.5 Å². The summed E-state index contributed by atoms with van der Waals surface area (Å²) in [6, 6.07) is 19.2. The van der Waals surface area contributed by atoms with E-state index in [-0.39, 0.29) is 6.23 Å². The molecule has 1 fully saturated rings. The van der Waals surface area contributed by atoms with Crippen molar-refractivity contribution in [3.8, 4) is 11.7 Å². The lowest BCUT2D eigenvalue weighted by molar-refractivity contribution is 0.0315. The minimum atomic E-state index is 0.0896. The van der Waals surface area contributed by atoms with Crippen LogP contribution in [0.1, 0.15) is 26.2 Å². The molecule has 2 aromatic carbocycles. The number of imidazole rings is 1. The fourth-order valence-electron chi connectivity index (χ4n) is 3.48. The zero-order chi connectivity index (χ0) is 16.4. The molecule has 0 aliphatic carbocycles. The molecule has 4 nitrogen and oxygen atoms in total. The van der Waals surface area contributed by atoms with E-state index >= 15 is 0 Å². The van der Waals surface area contributed by atoms with Gasteiger partial charge in [0, 0.05) is 13.1 Å². The molecule has 24 heavy (non-hydrogen) atoms. The maximum Gasteiger partial charge on any atom is 0.303 e. The predicted octanol–water partition coefficient (Wildman–Crippen LogP) is 4.24. The Morgan fingerprint density at radius 2 is 1.71 bits per heavy atom. The van der Waals surface area contributed by atoms with E-state index < -0.39 is 0 Å². The third-order valence-corrected chi connectivity index (χ3v) is 4.68. The van der Waals surface area contributed by atoms with Crippen LogP contribution in [-0.2, 0) is 0 Å². The quantitative estimate of drug-likeness (QED) is 0.704. The minimum Gasteiger partial charge on any atom is -0.445 e. The van der Waals surface area contributed by atoms with Gasteiger partial charge >= 0.3 is 6.01 Å². The largest absolute Gasteiger partial charge is 0.445 e. The van der Waals surface area contributed by atoms with Crippen molar-refractivity contribution in [3.05, 3.63) is 54.6 Å². The van der Waals surface area contributed by atoms with Crippen LogP contribution in [0.3, 0.4) is 0 Å². The first-order valence-electron chi connectivity index (χ1n) is 8.80. The highest BCUT2D eigenvalue weighted by Gasteiger charge is 2.24. The van der Waals surface area contributed by atoms with Crippen LogP contribution in [0.4, 0.5) is 0 Å². The molecule has 0 N–H and O–H groups in total. The van der Waals surface area contributed by atoms with Gasteiger partial charge in [-0.25, -0.2) is 0 Å². The number of nitrogens with zero attached hydrogens (tertiary/aromatic N) is 3. The molecular weight excluding hydrogens is 298 g/mol. The van der Waals surface area contributed by atoms with Gasteiger partial charge in [0.05, 0.1) is 16.7 Å². The molecule has 4 heteroatoms. The van der Waals surface area contributed by atoms with Gasteiger partial charge in [-0.2, -0.15) is 4.98 Å². The Labute approximate surface area is 142 Å². The molecule has 1 unspecified atom stereocenters. The Morgan fingerprint density at radius 1 is 1.00 bits per heavy atom. The molecule has 0 bridgehead atoms. The summed E-state index contributed by atoms with van der Waals surface area (Å²) in [5.41, 5.74) is 3.13. The van der Waals surface area contributed by atoms with Gasteiger partial charge in [0.1, 0.15) is 0 Å². The molecule has 0 spiro atoms. The van der Waals surface area contributed by atoms with Crippen molar-refractivity contribution >= 4 is 11.0 Å². The Bertz CT molecular complexity index is 806. The van der Waals surface area contributed by atoms with E-state index in [4.69, 9.17) is 9.72 Å². The van der Waals surface area contributed by atoms with Gasteiger partial charge in [0.15, 0.2) is 6.23 Å². The van der Waals surface area contributed by atoms with Gasteiger partial charge in [-0.3, -0.25) is 9.47 Å². The summed E-state index contributed by atoms with van der Waals surface area (Å²) in [7, 11) is 0. The van der Waals surface area contributed by atoms with Crippen LogP contribution < -0.4 is 4.74 Å². The Kier molecular flexibility index (Phi) is 4.22. The third-order valence-electron chi connectivity index (χ3n) is 4.68. The number of rotatable bonds is 5. The van der Waals surface area contributed by atoms with Crippen molar-refractivity contribution in [3.63, 3.8) is 0 Å². The van der Waals surface area contributed by atoms with E-state index in [2.05, 4.69) is 34.6 Å². The number of hydrogen-bond donors (Lipinski definition) is 0. The first-order chi connectivity index (χ1) is 11.9. The molecule has 3 aromatic rings. The summed E-state index contributed by atoms with van der Waals surface area (Å²) in [6.07, 6.45) is 3.56. The number of likely N-dealkylation sites (tertiary alicyclic amines) is 1. The Hall–Kier alpha value is -2.33. The van der Waals surface area contributed by atoms with Gasteiger partial charge in [-0.1, -0.05) is 37.3 Å². The topological polar surface area (TPSA) is 30.3 Å². The fourth-order valence-corrected chi connectivity index (χ4v) is 3.48. The zero-order valence-electron chi connectivity index (χ0n) is 14.1. The van der Waals surface area contributed by atoms with Crippen molar-refractivity contribution in [1.29, 1.82) is 0 Å². The van der Waals surface area contributed by atoms with Crippen molar-refractivity contribution in [2.45, 2.75) is 32.4 Å². The second-order valence-electron chi connectivity index (χ2n) is 6.28. The van der Waals surface area contributed by atoms with Crippen LogP contribution in [0.5, 0.6) is 6.01 Å². The molecule has 4 rings (SSSR count). The highest BCUT2D eigenvalue weighted by molar-refractivity contribution is 5.79. The number of ether oxygens (including phenoxy) is 1. The van der Waals surface area contributed by atoms with Crippen LogP contribution in [-0.4, -0.2) is 33.8 Å². The maximum absolute atomic E-state index is 6.40. The second-order valence-corrected chi connectivity index (χ2v) is 6.28. The van der Waals surface area contributed by atoms with Crippen molar-refractivity contribution in [2.24, 2.45) is 0 Å². The summed E-state index contributed by atoms with van der Waals surface area (Å²) in [6.45, 7) is 4.41. The Balaban J connectivity index is 1.76. The first-order valence-corrected chi connectivity index (χ1v) is 8.80. The monoisotopic (exact) mass is 321 g/mol. The van der Waals surface area contributed by atoms with E-state index in [9.17, 15) is 0 Å². The van der Waals surface area contributed by atoms with Gasteiger partial charge in [0.25, 0.3) is 0 Å². The van der Waals surface area contributed by atoms with Crippen LogP contribution in [0, 0.1) is 0 Å². The van der Waals surface area contributed by atoms with Crippen LogP contribution in [0.2, 0.25) is 0 Å². The maximum atomic E-state index is 6.40. The molecule has 124 valence electrons. The molecule has 1 atom stereocenters. The highest BCUT2D eigenvalue weighted by Crippen LogP contribution is 2.28. The Morgan fingerprint density at radius 3 is 2.46 bits per heavy atom. The molecule has 2 heterocycles. The molecule has 1 aliphatic heterocycles. The second kappa shape index (κ2) is 6.65. The van der Waals surface area contributed by atoms with E-state index in [0.29, 0.717) is 6.01 Å². The third kappa shape index (κ3) is 2.78. The van der Waals surface area contributed by atoms with E-state index in [1.54, 1.807) is 0 Å². The normalized spacial score (nSPS) is 16.5. The molecule has 1 aromatic heterocycles. The average Bonchev–Trinajstić information content (AvgIpc) is 3.28. The van der Waals surface area contributed by atoms with Crippen molar-refractivity contribution < 1.29 is 4.74 Å². The van der Waals surface area contributed by atoms with Crippen molar-refractivity contribution in [2.75, 3.05) is 13.1 Å². The summed E-state index contributed by atoms with van der Waals surface area (Å²) in [5.74, 6) is 0. The SMILES string of the molecule is CCC(Oc1nc2ccccc2n1-c1ccccc1)N1CCCC1.